The molecule has 37 heavy (non-hydrogen) atoms. The number of anilines is 2. The first-order valence-corrected chi connectivity index (χ1v) is 11.8. The first kappa shape index (κ1) is 25.2. The topological polar surface area (TPSA) is 96.5 Å². The molecule has 0 heterocycles. The molecule has 186 valence electrons. The first-order valence-electron chi connectivity index (χ1n) is 11.8. The summed E-state index contributed by atoms with van der Waals surface area (Å²) in [5.74, 6) is -0.444. The highest BCUT2D eigenvalue weighted by Gasteiger charge is 2.22. The zero-order valence-corrected chi connectivity index (χ0v) is 20.3. The monoisotopic (exact) mass is 493 g/mol. The van der Waals surface area contributed by atoms with Crippen LogP contribution in [0.1, 0.15) is 26.3 Å². The lowest BCUT2D eigenvalue weighted by molar-refractivity contribution is -0.118. The number of rotatable bonds is 9. The molecule has 0 aromatic heterocycles. The Bertz CT molecular complexity index is 1360. The van der Waals surface area contributed by atoms with Gasteiger partial charge in [-0.1, -0.05) is 60.7 Å². The van der Waals surface area contributed by atoms with Gasteiger partial charge in [0.15, 0.2) is 0 Å². The van der Waals surface area contributed by atoms with Gasteiger partial charge in [-0.25, -0.2) is 0 Å². The Morgan fingerprint density at radius 2 is 1.27 bits per heavy atom. The van der Waals surface area contributed by atoms with Crippen LogP contribution in [0.3, 0.4) is 0 Å². The SMILES string of the molecule is COc1ccccc1NC(=O)c1ccc(NC(=O)C(Cc2ccccc2)NC(=O)c2ccccc2)cc1. The summed E-state index contributed by atoms with van der Waals surface area (Å²) in [5.41, 5.74) is 2.87. The predicted octanol–water partition coefficient (Wildman–Crippen LogP) is 4.93. The number of nitrogens with one attached hydrogen (secondary N) is 3. The maximum absolute atomic E-state index is 13.2. The van der Waals surface area contributed by atoms with Crippen molar-refractivity contribution in [2.75, 3.05) is 17.7 Å². The van der Waals surface area contributed by atoms with E-state index >= 15 is 0 Å². The molecule has 4 aromatic carbocycles. The molecule has 0 spiro atoms. The van der Waals surface area contributed by atoms with Crippen LogP contribution in [0.25, 0.3) is 0 Å². The quantitative estimate of drug-likeness (QED) is 0.308. The van der Waals surface area contributed by atoms with Gasteiger partial charge in [0.05, 0.1) is 12.8 Å². The summed E-state index contributed by atoms with van der Waals surface area (Å²) in [5, 5.41) is 8.51. The predicted molar refractivity (Wildman–Crippen MR) is 144 cm³/mol. The number of para-hydroxylation sites is 2. The van der Waals surface area contributed by atoms with Crippen molar-refractivity contribution < 1.29 is 19.1 Å². The number of carbonyl (C=O) groups excluding carboxylic acids is 3. The number of amides is 3. The van der Waals surface area contributed by atoms with Crippen LogP contribution in [0.5, 0.6) is 5.75 Å². The molecule has 0 aliphatic rings. The zero-order valence-electron chi connectivity index (χ0n) is 20.3. The fourth-order valence-corrected chi connectivity index (χ4v) is 3.77. The second-order valence-electron chi connectivity index (χ2n) is 8.30. The third kappa shape index (κ3) is 6.82. The van der Waals surface area contributed by atoms with E-state index in [0.29, 0.717) is 34.7 Å². The maximum Gasteiger partial charge on any atom is 0.255 e. The van der Waals surface area contributed by atoms with Crippen LogP contribution >= 0.6 is 0 Å². The van der Waals surface area contributed by atoms with Crippen molar-refractivity contribution in [1.29, 1.82) is 0 Å². The Hall–Kier alpha value is -4.91. The number of benzene rings is 4. The molecule has 0 fully saturated rings. The summed E-state index contributed by atoms with van der Waals surface area (Å²) in [6, 6.07) is 31.1. The van der Waals surface area contributed by atoms with Gasteiger partial charge in [-0.05, 0) is 54.1 Å². The van der Waals surface area contributed by atoms with Gasteiger partial charge in [0.25, 0.3) is 11.8 Å². The second-order valence-corrected chi connectivity index (χ2v) is 8.30. The van der Waals surface area contributed by atoms with Gasteiger partial charge < -0.3 is 20.7 Å². The largest absolute Gasteiger partial charge is 0.495 e. The highest BCUT2D eigenvalue weighted by Crippen LogP contribution is 2.24. The molecule has 0 saturated heterocycles. The fraction of sp³-hybridized carbons (Fsp3) is 0.100. The van der Waals surface area contributed by atoms with Gasteiger partial charge in [0.2, 0.25) is 5.91 Å². The van der Waals surface area contributed by atoms with Crippen molar-refractivity contribution in [3.63, 3.8) is 0 Å². The van der Waals surface area contributed by atoms with Gasteiger partial charge in [-0.3, -0.25) is 14.4 Å². The highest BCUT2D eigenvalue weighted by molar-refractivity contribution is 6.06. The minimum Gasteiger partial charge on any atom is -0.495 e. The molecular weight excluding hydrogens is 466 g/mol. The molecule has 0 radical (unpaired) electrons. The van der Waals surface area contributed by atoms with Gasteiger partial charge in [-0.15, -0.1) is 0 Å². The maximum atomic E-state index is 13.2. The van der Waals surface area contributed by atoms with Crippen LogP contribution in [-0.4, -0.2) is 30.9 Å². The molecule has 7 heteroatoms. The summed E-state index contributed by atoms with van der Waals surface area (Å²) >= 11 is 0. The Balaban J connectivity index is 1.45. The summed E-state index contributed by atoms with van der Waals surface area (Å²) < 4.78 is 5.27. The van der Waals surface area contributed by atoms with Gasteiger partial charge >= 0.3 is 0 Å². The lowest BCUT2D eigenvalue weighted by Crippen LogP contribution is -2.45. The van der Waals surface area contributed by atoms with Crippen molar-refractivity contribution in [2.45, 2.75) is 12.5 Å². The van der Waals surface area contributed by atoms with Crippen molar-refractivity contribution in [3.05, 3.63) is 126 Å². The third-order valence-corrected chi connectivity index (χ3v) is 5.71. The van der Waals surface area contributed by atoms with E-state index in [-0.39, 0.29) is 17.7 Å². The van der Waals surface area contributed by atoms with Crippen LogP contribution < -0.4 is 20.7 Å². The number of hydrogen-bond acceptors (Lipinski definition) is 4. The van der Waals surface area contributed by atoms with Crippen molar-refractivity contribution in [2.24, 2.45) is 0 Å². The lowest BCUT2D eigenvalue weighted by atomic mass is 10.0. The van der Waals surface area contributed by atoms with E-state index in [4.69, 9.17) is 4.74 Å². The minimum atomic E-state index is -0.802. The Morgan fingerprint density at radius 3 is 1.95 bits per heavy atom. The molecule has 0 bridgehead atoms. The van der Waals surface area contributed by atoms with E-state index in [2.05, 4.69) is 16.0 Å². The van der Waals surface area contributed by atoms with Crippen LogP contribution in [0.4, 0.5) is 11.4 Å². The van der Waals surface area contributed by atoms with E-state index < -0.39 is 6.04 Å². The van der Waals surface area contributed by atoms with E-state index in [1.54, 1.807) is 66.7 Å². The molecule has 0 aliphatic carbocycles. The van der Waals surface area contributed by atoms with Crippen LogP contribution in [0, 0.1) is 0 Å². The van der Waals surface area contributed by atoms with E-state index in [0.717, 1.165) is 5.56 Å². The molecule has 1 atom stereocenters. The average Bonchev–Trinajstić information content (AvgIpc) is 2.94. The van der Waals surface area contributed by atoms with E-state index in [1.807, 2.05) is 42.5 Å². The van der Waals surface area contributed by atoms with Gasteiger partial charge in [0.1, 0.15) is 11.8 Å². The van der Waals surface area contributed by atoms with Crippen LogP contribution in [-0.2, 0) is 11.2 Å². The van der Waals surface area contributed by atoms with Crippen molar-refractivity contribution >= 4 is 29.1 Å². The molecular formula is C30H27N3O4. The summed E-state index contributed by atoms with van der Waals surface area (Å²) in [6.07, 6.45) is 0.324. The van der Waals surface area contributed by atoms with Crippen LogP contribution in [0.2, 0.25) is 0 Å². The number of carbonyl (C=O) groups is 3. The summed E-state index contributed by atoms with van der Waals surface area (Å²) in [4.78, 5) is 38.7. The standard InChI is InChI=1S/C30H27N3O4/c1-37-27-15-9-8-14-25(27)32-29(35)23-16-18-24(19-17-23)31-30(36)26(20-21-10-4-2-5-11-21)33-28(34)22-12-6-3-7-13-22/h2-19,26H,20H2,1H3,(H,31,36)(H,32,35)(H,33,34). The van der Waals surface area contributed by atoms with Crippen LogP contribution in [0.15, 0.2) is 109 Å². The zero-order chi connectivity index (χ0) is 26.0. The molecule has 0 saturated carbocycles. The average molecular weight is 494 g/mol. The molecule has 4 rings (SSSR count). The Labute approximate surface area is 215 Å². The highest BCUT2D eigenvalue weighted by atomic mass is 16.5. The second kappa shape index (κ2) is 12.2. The molecule has 0 aliphatic heterocycles. The van der Waals surface area contributed by atoms with Crippen molar-refractivity contribution in [1.82, 2.24) is 5.32 Å². The molecule has 7 nitrogen and oxygen atoms in total. The summed E-state index contributed by atoms with van der Waals surface area (Å²) in [6.45, 7) is 0. The number of hydrogen-bond donors (Lipinski definition) is 3. The molecule has 1 unspecified atom stereocenters. The van der Waals surface area contributed by atoms with E-state index in [9.17, 15) is 14.4 Å². The van der Waals surface area contributed by atoms with Gasteiger partial charge in [-0.2, -0.15) is 0 Å². The first-order chi connectivity index (χ1) is 18.0. The minimum absolute atomic E-state index is 0.306. The summed E-state index contributed by atoms with van der Waals surface area (Å²) in [7, 11) is 1.54. The smallest absolute Gasteiger partial charge is 0.255 e. The molecule has 4 aromatic rings. The van der Waals surface area contributed by atoms with Crippen molar-refractivity contribution in [3.8, 4) is 5.75 Å². The van der Waals surface area contributed by atoms with Gasteiger partial charge in [0, 0.05) is 23.2 Å². The lowest BCUT2D eigenvalue weighted by Gasteiger charge is -2.19. The Morgan fingerprint density at radius 1 is 0.676 bits per heavy atom. The fourth-order valence-electron chi connectivity index (χ4n) is 3.77. The molecule has 3 N–H and O–H groups in total. The van der Waals surface area contributed by atoms with E-state index in [1.165, 1.54) is 7.11 Å². The molecule has 3 amide bonds. The number of methoxy groups -OCH3 is 1. The number of ether oxygens (including phenoxy) is 1. The normalized spacial score (nSPS) is 11.2. The Kier molecular flexibility index (Phi) is 8.29. The third-order valence-electron chi connectivity index (χ3n) is 5.71.